The van der Waals surface area contributed by atoms with Gasteiger partial charge in [-0.2, -0.15) is 5.11 Å². The van der Waals surface area contributed by atoms with E-state index < -0.39 is 0 Å². The van der Waals surface area contributed by atoms with Crippen molar-refractivity contribution in [3.8, 4) is 5.69 Å². The van der Waals surface area contributed by atoms with Crippen molar-refractivity contribution in [2.24, 2.45) is 10.2 Å². The van der Waals surface area contributed by atoms with Gasteiger partial charge >= 0.3 is 0 Å². The minimum Gasteiger partial charge on any atom is -0.397 e. The van der Waals surface area contributed by atoms with Gasteiger partial charge in [-0.1, -0.05) is 30.3 Å². The summed E-state index contributed by atoms with van der Waals surface area (Å²) in [5.41, 5.74) is 10.2. The van der Waals surface area contributed by atoms with Gasteiger partial charge in [0.05, 0.1) is 16.9 Å². The first-order chi connectivity index (χ1) is 11.8. The molecule has 3 aromatic carbocycles. The fourth-order valence-electron chi connectivity index (χ4n) is 2.68. The number of azo groups is 1. The highest BCUT2D eigenvalue weighted by atomic mass is 15.1. The van der Waals surface area contributed by atoms with E-state index >= 15 is 0 Å². The van der Waals surface area contributed by atoms with Gasteiger partial charge in [-0.25, -0.2) is 0 Å². The Kier molecular flexibility index (Phi) is 3.56. The van der Waals surface area contributed by atoms with E-state index in [9.17, 15) is 0 Å². The molecule has 0 bridgehead atoms. The molecular weight excluding hydrogens is 296 g/mol. The number of para-hydroxylation sites is 2. The number of hydrogen-bond donors (Lipinski definition) is 1. The smallest absolute Gasteiger partial charge is 0.109 e. The summed E-state index contributed by atoms with van der Waals surface area (Å²) in [7, 11) is 0. The molecule has 2 N–H and O–H groups in total. The summed E-state index contributed by atoms with van der Waals surface area (Å²) in [6.07, 6.45) is 2.08. The number of hydrogen-bond acceptors (Lipinski definition) is 3. The molecule has 0 amide bonds. The van der Waals surface area contributed by atoms with Gasteiger partial charge in [0.1, 0.15) is 5.69 Å². The average molecular weight is 312 g/mol. The van der Waals surface area contributed by atoms with Gasteiger partial charge in [-0.15, -0.1) is 5.11 Å². The summed E-state index contributed by atoms with van der Waals surface area (Å²) < 4.78 is 2.16. The van der Waals surface area contributed by atoms with Crippen LogP contribution in [0, 0.1) is 0 Å². The minimum absolute atomic E-state index is 0.622. The summed E-state index contributed by atoms with van der Waals surface area (Å²) in [5.74, 6) is 0. The van der Waals surface area contributed by atoms with Gasteiger partial charge in [-0.05, 0) is 53.9 Å². The third kappa shape index (κ3) is 2.65. The van der Waals surface area contributed by atoms with Crippen molar-refractivity contribution in [1.82, 2.24) is 4.57 Å². The molecule has 0 atom stereocenters. The highest BCUT2D eigenvalue weighted by Gasteiger charge is 2.02. The molecule has 116 valence electrons. The molecule has 4 rings (SSSR count). The van der Waals surface area contributed by atoms with Crippen molar-refractivity contribution in [2.45, 2.75) is 0 Å². The maximum atomic E-state index is 5.87. The Balaban J connectivity index is 1.62. The topological polar surface area (TPSA) is 55.7 Å². The maximum Gasteiger partial charge on any atom is 0.109 e. The third-order valence-electron chi connectivity index (χ3n) is 3.94. The monoisotopic (exact) mass is 312 g/mol. The molecule has 0 spiro atoms. The number of anilines is 1. The minimum atomic E-state index is 0.622. The first-order valence-electron chi connectivity index (χ1n) is 7.74. The Morgan fingerprint density at radius 3 is 2.29 bits per heavy atom. The summed E-state index contributed by atoms with van der Waals surface area (Å²) in [4.78, 5) is 0. The van der Waals surface area contributed by atoms with Crippen LogP contribution in [-0.2, 0) is 0 Å². The number of rotatable bonds is 3. The van der Waals surface area contributed by atoms with Crippen molar-refractivity contribution in [1.29, 1.82) is 0 Å². The van der Waals surface area contributed by atoms with E-state index in [1.54, 1.807) is 0 Å². The molecule has 0 unspecified atom stereocenters. The van der Waals surface area contributed by atoms with Gasteiger partial charge in [0.25, 0.3) is 0 Å². The Hall–Kier alpha value is -3.40. The zero-order valence-corrected chi connectivity index (χ0v) is 13.0. The zero-order chi connectivity index (χ0) is 16.4. The molecule has 0 saturated carbocycles. The van der Waals surface area contributed by atoms with Crippen LogP contribution in [0.4, 0.5) is 17.1 Å². The second-order valence-corrected chi connectivity index (χ2v) is 5.52. The van der Waals surface area contributed by atoms with Crippen LogP contribution >= 0.6 is 0 Å². The van der Waals surface area contributed by atoms with Crippen molar-refractivity contribution in [3.63, 3.8) is 0 Å². The lowest BCUT2D eigenvalue weighted by molar-refractivity contribution is 1.12. The van der Waals surface area contributed by atoms with Crippen molar-refractivity contribution >= 4 is 28.0 Å². The van der Waals surface area contributed by atoms with Crippen LogP contribution in [0.5, 0.6) is 0 Å². The van der Waals surface area contributed by atoms with Crippen molar-refractivity contribution < 1.29 is 0 Å². The van der Waals surface area contributed by atoms with Crippen LogP contribution in [-0.4, -0.2) is 4.57 Å². The van der Waals surface area contributed by atoms with E-state index in [4.69, 9.17) is 5.73 Å². The standard InChI is InChI=1S/C20H16N4/c21-18-6-2-3-7-19(18)23-22-16-9-11-17(12-10-16)24-14-13-15-5-1-4-8-20(15)24/h1-14H,21H2. The number of benzene rings is 3. The molecule has 0 saturated heterocycles. The molecule has 24 heavy (non-hydrogen) atoms. The van der Waals surface area contributed by atoms with Gasteiger partial charge in [0, 0.05) is 11.9 Å². The Morgan fingerprint density at radius 1 is 0.708 bits per heavy atom. The molecule has 1 heterocycles. The van der Waals surface area contributed by atoms with Gasteiger partial charge in [-0.3, -0.25) is 0 Å². The van der Waals surface area contributed by atoms with E-state index in [1.807, 2.05) is 60.7 Å². The predicted octanol–water partition coefficient (Wildman–Crippen LogP) is 5.63. The SMILES string of the molecule is Nc1ccccc1N=Nc1ccc(-n2ccc3ccccc32)cc1. The molecular formula is C20H16N4. The number of nitrogen functional groups attached to an aromatic ring is 1. The third-order valence-corrected chi connectivity index (χ3v) is 3.94. The average Bonchev–Trinajstić information content (AvgIpc) is 3.06. The Morgan fingerprint density at radius 2 is 1.46 bits per heavy atom. The van der Waals surface area contributed by atoms with Crippen LogP contribution in [0.15, 0.2) is 95.3 Å². The molecule has 1 aromatic heterocycles. The molecule has 0 aliphatic heterocycles. The predicted molar refractivity (Wildman–Crippen MR) is 98.3 cm³/mol. The summed E-state index contributed by atoms with van der Waals surface area (Å²) >= 11 is 0. The molecule has 4 aromatic rings. The lowest BCUT2D eigenvalue weighted by atomic mass is 10.2. The number of nitrogens with zero attached hydrogens (tertiary/aromatic N) is 3. The van der Waals surface area contributed by atoms with Crippen molar-refractivity contribution in [2.75, 3.05) is 5.73 Å². The Labute approximate surface area is 139 Å². The van der Waals surface area contributed by atoms with Crippen molar-refractivity contribution in [3.05, 3.63) is 85.1 Å². The summed E-state index contributed by atoms with van der Waals surface area (Å²) in [6.45, 7) is 0. The summed E-state index contributed by atoms with van der Waals surface area (Å²) in [5, 5.41) is 9.69. The zero-order valence-electron chi connectivity index (χ0n) is 13.0. The fraction of sp³-hybridized carbons (Fsp3) is 0. The first kappa shape index (κ1) is 14.2. The molecule has 0 radical (unpaired) electrons. The van der Waals surface area contributed by atoms with Crippen LogP contribution in [0.1, 0.15) is 0 Å². The maximum absolute atomic E-state index is 5.87. The van der Waals surface area contributed by atoms with Crippen LogP contribution in [0.2, 0.25) is 0 Å². The largest absolute Gasteiger partial charge is 0.397 e. The molecule has 0 fully saturated rings. The highest BCUT2D eigenvalue weighted by Crippen LogP contribution is 2.25. The second-order valence-electron chi connectivity index (χ2n) is 5.52. The number of aromatic nitrogens is 1. The lowest BCUT2D eigenvalue weighted by Crippen LogP contribution is -1.90. The molecule has 0 aliphatic rings. The van der Waals surface area contributed by atoms with E-state index in [0.29, 0.717) is 11.4 Å². The van der Waals surface area contributed by atoms with Crippen LogP contribution in [0.25, 0.3) is 16.6 Å². The number of fused-ring (bicyclic) bond motifs is 1. The van der Waals surface area contributed by atoms with Gasteiger partial charge < -0.3 is 10.3 Å². The van der Waals surface area contributed by atoms with E-state index in [0.717, 1.165) is 11.4 Å². The Bertz CT molecular complexity index is 1010. The molecule has 4 nitrogen and oxygen atoms in total. The lowest BCUT2D eigenvalue weighted by Gasteiger charge is -2.05. The summed E-state index contributed by atoms with van der Waals surface area (Å²) in [6, 6.07) is 25.8. The van der Waals surface area contributed by atoms with Crippen LogP contribution < -0.4 is 5.73 Å². The first-order valence-corrected chi connectivity index (χ1v) is 7.74. The second kappa shape index (κ2) is 6.01. The molecule has 0 aliphatic carbocycles. The van der Waals surface area contributed by atoms with E-state index in [2.05, 4.69) is 39.2 Å². The number of nitrogens with two attached hydrogens (primary N) is 1. The van der Waals surface area contributed by atoms with Gasteiger partial charge in [0.2, 0.25) is 0 Å². The van der Waals surface area contributed by atoms with E-state index in [-0.39, 0.29) is 0 Å². The van der Waals surface area contributed by atoms with E-state index in [1.165, 1.54) is 10.9 Å². The quantitative estimate of drug-likeness (QED) is 0.387. The normalized spacial score (nSPS) is 11.3. The molecule has 4 heteroatoms. The van der Waals surface area contributed by atoms with Crippen LogP contribution in [0.3, 0.4) is 0 Å². The highest BCUT2D eigenvalue weighted by molar-refractivity contribution is 5.81. The fourth-order valence-corrected chi connectivity index (χ4v) is 2.68. The van der Waals surface area contributed by atoms with Gasteiger partial charge in [0.15, 0.2) is 0 Å².